The van der Waals surface area contributed by atoms with Crippen molar-refractivity contribution in [2.24, 2.45) is 0 Å². The Kier molecular flexibility index (Phi) is 4.38. The van der Waals surface area contributed by atoms with Crippen molar-refractivity contribution in [3.8, 4) is 0 Å². The van der Waals surface area contributed by atoms with Crippen LogP contribution in [0.15, 0.2) is 0 Å². The first-order valence-corrected chi connectivity index (χ1v) is 6.97. The van der Waals surface area contributed by atoms with Crippen LogP contribution in [-0.2, 0) is 8.85 Å². The third-order valence-corrected chi connectivity index (χ3v) is 6.66. The van der Waals surface area contributed by atoms with Gasteiger partial charge in [-0.05, 0) is 19.9 Å². The molecular weight excluding hydrogens is 182 g/mol. The van der Waals surface area contributed by atoms with Crippen LogP contribution in [0.1, 0.15) is 32.1 Å². The maximum atomic E-state index is 5.58. The highest BCUT2D eigenvalue weighted by Gasteiger charge is 2.44. The van der Waals surface area contributed by atoms with Gasteiger partial charge in [0.2, 0.25) is 0 Å². The molecule has 1 aliphatic rings. The van der Waals surface area contributed by atoms with E-state index in [1.54, 1.807) is 14.2 Å². The second-order valence-corrected chi connectivity index (χ2v) is 7.13. The zero-order valence-electron chi connectivity index (χ0n) is 8.93. The van der Waals surface area contributed by atoms with Crippen LogP contribution in [0.4, 0.5) is 0 Å². The molecule has 0 aliphatic heterocycles. The van der Waals surface area contributed by atoms with Crippen molar-refractivity contribution in [2.75, 3.05) is 21.3 Å². The summed E-state index contributed by atoms with van der Waals surface area (Å²) in [6.07, 6.45) is 6.54. The lowest BCUT2D eigenvalue weighted by Crippen LogP contribution is -2.57. The van der Waals surface area contributed by atoms with Crippen LogP contribution in [0.5, 0.6) is 0 Å². The molecule has 0 heterocycles. The summed E-state index contributed by atoms with van der Waals surface area (Å²) in [7, 11) is 3.42. The molecule has 78 valence electrons. The third-order valence-electron chi connectivity index (χ3n) is 3.10. The summed E-state index contributed by atoms with van der Waals surface area (Å²) in [5, 5.41) is 0. The molecule has 1 fully saturated rings. The first-order valence-electron chi connectivity index (χ1n) is 5.08. The van der Waals surface area contributed by atoms with E-state index in [9.17, 15) is 0 Å². The Labute approximate surface area is 82.1 Å². The van der Waals surface area contributed by atoms with E-state index in [0.29, 0.717) is 5.54 Å². The maximum Gasteiger partial charge on any atom is 0.427 e. The summed E-state index contributed by atoms with van der Waals surface area (Å²) in [4.78, 5) is 3.28. The van der Waals surface area contributed by atoms with Crippen LogP contribution in [0, 0.1) is 0 Å². The highest BCUT2D eigenvalue weighted by atomic mass is 28.4. The summed E-state index contributed by atoms with van der Waals surface area (Å²) >= 11 is 0. The van der Waals surface area contributed by atoms with E-state index in [2.05, 4.69) is 4.98 Å². The fourth-order valence-electron chi connectivity index (χ4n) is 2.31. The van der Waals surface area contributed by atoms with E-state index in [-0.39, 0.29) is 0 Å². The zero-order chi connectivity index (χ0) is 9.73. The van der Waals surface area contributed by atoms with Gasteiger partial charge in [0.15, 0.2) is 0 Å². The molecule has 1 saturated carbocycles. The maximum absolute atomic E-state index is 5.58. The van der Waals surface area contributed by atoms with Crippen LogP contribution in [-0.4, -0.2) is 30.0 Å². The van der Waals surface area contributed by atoms with Gasteiger partial charge in [-0.1, -0.05) is 19.3 Å². The van der Waals surface area contributed by atoms with E-state index < -0.39 is 8.72 Å². The molecule has 0 aromatic carbocycles. The zero-order valence-corrected chi connectivity index (χ0v) is 9.93. The molecule has 0 unspecified atom stereocenters. The molecule has 0 spiro atoms. The van der Waals surface area contributed by atoms with Crippen LogP contribution in [0.3, 0.4) is 0 Å². The summed E-state index contributed by atoms with van der Waals surface area (Å²) in [5.74, 6) is 0. The van der Waals surface area contributed by atoms with Gasteiger partial charge < -0.3 is 8.85 Å². The number of rotatable bonds is 4. The monoisotopic (exact) mass is 203 g/mol. The van der Waals surface area contributed by atoms with Crippen molar-refractivity contribution in [1.82, 2.24) is 4.98 Å². The smallest absolute Gasteiger partial charge is 0.386 e. The SMILES string of the molecule is CN[Si](OC)(OC)C1CCCCC1. The van der Waals surface area contributed by atoms with Crippen molar-refractivity contribution < 1.29 is 8.85 Å². The van der Waals surface area contributed by atoms with Crippen LogP contribution >= 0.6 is 0 Å². The topological polar surface area (TPSA) is 30.5 Å². The van der Waals surface area contributed by atoms with E-state index in [0.717, 1.165) is 0 Å². The first kappa shape index (κ1) is 11.2. The Morgan fingerprint density at radius 1 is 1.08 bits per heavy atom. The summed E-state index contributed by atoms with van der Waals surface area (Å²) in [5.41, 5.74) is 0.626. The molecule has 0 aromatic rings. The van der Waals surface area contributed by atoms with E-state index in [1.807, 2.05) is 7.05 Å². The number of hydrogen-bond donors (Lipinski definition) is 1. The molecule has 3 nitrogen and oxygen atoms in total. The molecule has 4 heteroatoms. The van der Waals surface area contributed by atoms with Crippen molar-refractivity contribution in [1.29, 1.82) is 0 Å². The van der Waals surface area contributed by atoms with Gasteiger partial charge in [-0.2, -0.15) is 0 Å². The average molecular weight is 203 g/mol. The Morgan fingerprint density at radius 3 is 2.00 bits per heavy atom. The van der Waals surface area contributed by atoms with E-state index in [1.165, 1.54) is 32.1 Å². The Balaban J connectivity index is 2.60. The lowest BCUT2D eigenvalue weighted by atomic mass is 10.0. The number of nitrogens with one attached hydrogen (secondary N) is 1. The predicted octanol–water partition coefficient (Wildman–Crippen LogP) is 1.77. The minimum atomic E-state index is -2.07. The molecular formula is C9H21NO2Si. The molecule has 0 radical (unpaired) electrons. The molecule has 0 amide bonds. The molecule has 1 rings (SSSR count). The second kappa shape index (κ2) is 5.10. The van der Waals surface area contributed by atoms with Crippen molar-refractivity contribution in [3.05, 3.63) is 0 Å². The van der Waals surface area contributed by atoms with Gasteiger partial charge in [0, 0.05) is 19.8 Å². The Bertz CT molecular complexity index is 136. The van der Waals surface area contributed by atoms with Crippen molar-refractivity contribution in [3.63, 3.8) is 0 Å². The van der Waals surface area contributed by atoms with Gasteiger partial charge >= 0.3 is 8.72 Å². The summed E-state index contributed by atoms with van der Waals surface area (Å²) < 4.78 is 11.2. The Hall–Kier alpha value is 0.0969. The summed E-state index contributed by atoms with van der Waals surface area (Å²) in [6.45, 7) is 0. The Morgan fingerprint density at radius 2 is 1.62 bits per heavy atom. The minimum Gasteiger partial charge on any atom is -0.386 e. The minimum absolute atomic E-state index is 0.626. The van der Waals surface area contributed by atoms with E-state index in [4.69, 9.17) is 8.85 Å². The van der Waals surface area contributed by atoms with Crippen molar-refractivity contribution >= 4 is 8.72 Å². The largest absolute Gasteiger partial charge is 0.427 e. The molecule has 0 saturated heterocycles. The molecule has 1 aliphatic carbocycles. The van der Waals surface area contributed by atoms with Gasteiger partial charge in [-0.15, -0.1) is 0 Å². The molecule has 13 heavy (non-hydrogen) atoms. The third kappa shape index (κ3) is 2.31. The fourth-order valence-corrected chi connectivity index (χ4v) is 5.13. The lowest BCUT2D eigenvalue weighted by molar-refractivity contribution is 0.206. The van der Waals surface area contributed by atoms with Gasteiger partial charge in [0.25, 0.3) is 0 Å². The molecule has 0 atom stereocenters. The fraction of sp³-hybridized carbons (Fsp3) is 1.00. The highest BCUT2D eigenvalue weighted by molar-refractivity contribution is 6.66. The highest BCUT2D eigenvalue weighted by Crippen LogP contribution is 2.35. The number of hydrogen-bond acceptors (Lipinski definition) is 3. The molecule has 1 N–H and O–H groups in total. The second-order valence-electron chi connectivity index (χ2n) is 3.66. The van der Waals surface area contributed by atoms with Gasteiger partial charge in [-0.25, -0.2) is 0 Å². The van der Waals surface area contributed by atoms with Gasteiger partial charge in [0.1, 0.15) is 0 Å². The standard InChI is InChI=1S/C9H21NO2Si/c1-10-13(11-2,12-3)9-7-5-4-6-8-9/h9-10H,4-8H2,1-3H3. The van der Waals surface area contributed by atoms with Gasteiger partial charge in [-0.3, -0.25) is 4.98 Å². The van der Waals surface area contributed by atoms with Crippen LogP contribution < -0.4 is 4.98 Å². The molecule has 0 aromatic heterocycles. The lowest BCUT2D eigenvalue weighted by Gasteiger charge is -2.36. The normalized spacial score (nSPS) is 20.5. The van der Waals surface area contributed by atoms with E-state index >= 15 is 0 Å². The van der Waals surface area contributed by atoms with Crippen LogP contribution in [0.25, 0.3) is 0 Å². The average Bonchev–Trinajstić information content (AvgIpc) is 2.23. The quantitative estimate of drug-likeness (QED) is 0.706. The van der Waals surface area contributed by atoms with Gasteiger partial charge in [0.05, 0.1) is 0 Å². The van der Waals surface area contributed by atoms with Crippen molar-refractivity contribution in [2.45, 2.75) is 37.6 Å². The molecule has 0 bridgehead atoms. The van der Waals surface area contributed by atoms with Crippen LogP contribution in [0.2, 0.25) is 5.54 Å². The predicted molar refractivity (Wildman–Crippen MR) is 55.7 cm³/mol. The summed E-state index contributed by atoms with van der Waals surface area (Å²) in [6, 6.07) is 0. The first-order chi connectivity index (χ1) is 6.29.